The first kappa shape index (κ1) is 22.7. The largest absolute Gasteiger partial charge is 0.340 e. The van der Waals surface area contributed by atoms with E-state index in [9.17, 15) is 9.59 Å². The van der Waals surface area contributed by atoms with Gasteiger partial charge in [0.25, 0.3) is 0 Å². The number of carbonyl (C=O) groups excluding carboxylic acids is 2. The third-order valence-electron chi connectivity index (χ3n) is 6.52. The van der Waals surface area contributed by atoms with Gasteiger partial charge < -0.3 is 9.80 Å². The predicted octanol–water partition coefficient (Wildman–Crippen LogP) is 5.07. The molecule has 0 radical (unpaired) electrons. The van der Waals surface area contributed by atoms with Gasteiger partial charge >= 0.3 is 6.03 Å². The van der Waals surface area contributed by atoms with Crippen molar-refractivity contribution in [3.05, 3.63) is 65.2 Å². The van der Waals surface area contributed by atoms with Crippen LogP contribution < -0.4 is 4.90 Å². The van der Waals surface area contributed by atoms with Gasteiger partial charge in [-0.3, -0.25) is 9.69 Å². The molecule has 0 saturated carbocycles. The molecule has 0 N–H and O–H groups in total. The minimum atomic E-state index is -0.0716. The highest BCUT2D eigenvalue weighted by molar-refractivity contribution is 7.99. The maximum Gasteiger partial charge on any atom is 0.325 e. The molecule has 2 aromatic carbocycles. The Balaban J connectivity index is 1.34. The topological polar surface area (TPSA) is 43.9 Å². The van der Waals surface area contributed by atoms with Crippen molar-refractivity contribution in [2.24, 2.45) is 0 Å². The molecule has 6 heteroatoms. The molecule has 2 aliphatic rings. The molecule has 2 aliphatic heterocycles. The smallest absolute Gasteiger partial charge is 0.325 e. The second kappa shape index (κ2) is 9.99. The maximum absolute atomic E-state index is 13.0. The molecule has 0 bridgehead atoms. The molecule has 0 aliphatic carbocycles. The fourth-order valence-electron chi connectivity index (χ4n) is 4.49. The number of benzene rings is 2. The van der Waals surface area contributed by atoms with Gasteiger partial charge in [0.15, 0.2) is 0 Å². The second-order valence-electron chi connectivity index (χ2n) is 8.99. The van der Waals surface area contributed by atoms with E-state index in [1.165, 1.54) is 16.7 Å². The molecule has 4 rings (SSSR count). The molecular formula is C26H33N3O2S. The predicted molar refractivity (Wildman–Crippen MR) is 132 cm³/mol. The first-order valence-corrected chi connectivity index (χ1v) is 12.6. The van der Waals surface area contributed by atoms with Crippen molar-refractivity contribution in [3.63, 3.8) is 0 Å². The van der Waals surface area contributed by atoms with Gasteiger partial charge in [-0.2, -0.15) is 11.8 Å². The summed E-state index contributed by atoms with van der Waals surface area (Å²) in [6.45, 7) is 9.34. The lowest BCUT2D eigenvalue weighted by Crippen LogP contribution is -2.43. The van der Waals surface area contributed by atoms with Gasteiger partial charge in [0.05, 0.1) is 0 Å². The van der Waals surface area contributed by atoms with Gasteiger partial charge in [0.1, 0.15) is 6.54 Å². The van der Waals surface area contributed by atoms with Crippen molar-refractivity contribution in [1.82, 2.24) is 9.80 Å². The molecule has 1 atom stereocenters. The van der Waals surface area contributed by atoms with Crippen LogP contribution in [0.2, 0.25) is 0 Å². The minimum absolute atomic E-state index is 0.0568. The van der Waals surface area contributed by atoms with Crippen molar-refractivity contribution in [1.29, 1.82) is 0 Å². The van der Waals surface area contributed by atoms with Crippen molar-refractivity contribution in [2.75, 3.05) is 43.4 Å². The highest BCUT2D eigenvalue weighted by Gasteiger charge is 2.32. The Morgan fingerprint density at radius 2 is 1.78 bits per heavy atom. The SMILES string of the molecule is Cc1ccccc1C1CCN(C(=O)CN2CCN(c3ccc(C(C)C)cc3)C2=O)CCS1. The van der Waals surface area contributed by atoms with Crippen LogP contribution in [0.1, 0.15) is 48.1 Å². The highest BCUT2D eigenvalue weighted by atomic mass is 32.2. The number of thioether (sulfide) groups is 1. The fourth-order valence-corrected chi connectivity index (χ4v) is 5.81. The quantitative estimate of drug-likeness (QED) is 0.638. The molecule has 3 amide bonds. The third kappa shape index (κ3) is 4.96. The van der Waals surface area contributed by atoms with Crippen LogP contribution >= 0.6 is 11.8 Å². The molecule has 1 unspecified atom stereocenters. The first-order valence-electron chi connectivity index (χ1n) is 11.6. The zero-order chi connectivity index (χ0) is 22.7. The molecular weight excluding hydrogens is 418 g/mol. The summed E-state index contributed by atoms with van der Waals surface area (Å²) in [6, 6.07) is 16.6. The average Bonchev–Trinajstić information content (AvgIpc) is 2.99. The summed E-state index contributed by atoms with van der Waals surface area (Å²) >= 11 is 1.93. The Morgan fingerprint density at radius 1 is 1.03 bits per heavy atom. The number of anilines is 1. The van der Waals surface area contributed by atoms with Gasteiger partial charge in [-0.1, -0.05) is 50.2 Å². The minimum Gasteiger partial charge on any atom is -0.340 e. The van der Waals surface area contributed by atoms with E-state index in [0.717, 1.165) is 31.0 Å². The van der Waals surface area contributed by atoms with Crippen LogP contribution in [0.4, 0.5) is 10.5 Å². The number of nitrogens with zero attached hydrogens (tertiary/aromatic N) is 3. The number of carbonyl (C=O) groups is 2. The van der Waals surface area contributed by atoms with E-state index in [0.29, 0.717) is 24.3 Å². The molecule has 0 spiro atoms. The van der Waals surface area contributed by atoms with E-state index in [2.05, 4.69) is 57.2 Å². The zero-order valence-electron chi connectivity index (χ0n) is 19.3. The maximum atomic E-state index is 13.0. The summed E-state index contributed by atoms with van der Waals surface area (Å²) in [5.41, 5.74) is 4.85. The number of hydrogen-bond acceptors (Lipinski definition) is 3. The summed E-state index contributed by atoms with van der Waals surface area (Å²) in [4.78, 5) is 31.4. The molecule has 2 fully saturated rings. The van der Waals surface area contributed by atoms with Crippen LogP contribution in [0.5, 0.6) is 0 Å². The number of amides is 3. The average molecular weight is 452 g/mol. The first-order chi connectivity index (χ1) is 15.4. The van der Waals surface area contributed by atoms with Crippen molar-refractivity contribution >= 4 is 29.4 Å². The van der Waals surface area contributed by atoms with Crippen LogP contribution in [0.25, 0.3) is 0 Å². The summed E-state index contributed by atoms with van der Waals surface area (Å²) < 4.78 is 0. The standard InChI is InChI=1S/C26H33N3O2S/c1-19(2)21-8-10-22(11-9-21)29-15-14-28(26(29)31)18-25(30)27-13-12-24(32-17-16-27)23-7-5-4-6-20(23)3/h4-11,19,24H,12-18H2,1-3H3. The Kier molecular flexibility index (Phi) is 7.09. The van der Waals surface area contributed by atoms with E-state index < -0.39 is 0 Å². The number of aryl methyl sites for hydroxylation is 1. The van der Waals surface area contributed by atoms with E-state index >= 15 is 0 Å². The lowest BCUT2D eigenvalue weighted by atomic mass is 10.0. The Bertz CT molecular complexity index is 960. The van der Waals surface area contributed by atoms with E-state index in [1.54, 1.807) is 9.80 Å². The molecule has 0 aromatic heterocycles. The van der Waals surface area contributed by atoms with Gasteiger partial charge in [0.2, 0.25) is 5.91 Å². The van der Waals surface area contributed by atoms with Gasteiger partial charge in [0, 0.05) is 42.9 Å². The lowest BCUT2D eigenvalue weighted by molar-refractivity contribution is -0.131. The molecule has 5 nitrogen and oxygen atoms in total. The van der Waals surface area contributed by atoms with Crippen molar-refractivity contribution in [2.45, 2.75) is 38.4 Å². The van der Waals surface area contributed by atoms with Crippen LogP contribution in [-0.2, 0) is 4.79 Å². The van der Waals surface area contributed by atoms with Crippen LogP contribution in [0.3, 0.4) is 0 Å². The van der Waals surface area contributed by atoms with Crippen LogP contribution in [-0.4, -0.2) is 60.2 Å². The molecule has 32 heavy (non-hydrogen) atoms. The normalized spacial score (nSPS) is 19.6. The highest BCUT2D eigenvalue weighted by Crippen LogP contribution is 2.36. The van der Waals surface area contributed by atoms with E-state index in [1.807, 2.05) is 28.8 Å². The summed E-state index contributed by atoms with van der Waals surface area (Å²) in [5.74, 6) is 1.44. The number of rotatable bonds is 5. The molecule has 2 saturated heterocycles. The summed E-state index contributed by atoms with van der Waals surface area (Å²) in [6.07, 6.45) is 0.948. The van der Waals surface area contributed by atoms with Gasteiger partial charge in [-0.15, -0.1) is 0 Å². The Morgan fingerprint density at radius 3 is 2.50 bits per heavy atom. The fraction of sp³-hybridized carbons (Fsp3) is 0.462. The van der Waals surface area contributed by atoms with Gasteiger partial charge in [-0.05, 0) is 48.1 Å². The number of hydrogen-bond donors (Lipinski definition) is 0. The van der Waals surface area contributed by atoms with E-state index in [4.69, 9.17) is 0 Å². The Hall–Kier alpha value is -2.47. The lowest BCUT2D eigenvalue weighted by Gasteiger charge is -2.24. The van der Waals surface area contributed by atoms with Crippen molar-refractivity contribution in [3.8, 4) is 0 Å². The van der Waals surface area contributed by atoms with Crippen LogP contribution in [0, 0.1) is 6.92 Å². The molecule has 2 heterocycles. The third-order valence-corrected chi connectivity index (χ3v) is 7.83. The van der Waals surface area contributed by atoms with E-state index in [-0.39, 0.29) is 18.5 Å². The van der Waals surface area contributed by atoms with Crippen molar-refractivity contribution < 1.29 is 9.59 Å². The number of urea groups is 1. The summed E-state index contributed by atoms with van der Waals surface area (Å²) in [7, 11) is 0. The zero-order valence-corrected chi connectivity index (χ0v) is 20.1. The second-order valence-corrected chi connectivity index (χ2v) is 10.3. The summed E-state index contributed by atoms with van der Waals surface area (Å²) in [5, 5.41) is 0.423. The molecule has 170 valence electrons. The molecule has 2 aromatic rings. The Labute approximate surface area is 195 Å². The monoisotopic (exact) mass is 451 g/mol. The van der Waals surface area contributed by atoms with Crippen LogP contribution in [0.15, 0.2) is 48.5 Å². The van der Waals surface area contributed by atoms with Gasteiger partial charge in [-0.25, -0.2) is 4.79 Å².